The number of hydrogen-bond acceptors (Lipinski definition) is 5. The molecule has 0 spiro atoms. The van der Waals surface area contributed by atoms with Gasteiger partial charge in [0.15, 0.2) is 11.5 Å². The van der Waals surface area contributed by atoms with Gasteiger partial charge in [0.25, 0.3) is 5.91 Å². The number of nitrogens with one attached hydrogen (secondary N) is 1. The number of imidazole rings is 1. The molecule has 2 heterocycles. The minimum atomic E-state index is -4.56. The minimum absolute atomic E-state index is 0.142. The Labute approximate surface area is 196 Å². The molecule has 0 unspecified atom stereocenters. The number of fused-ring (bicyclic) bond motifs is 1. The van der Waals surface area contributed by atoms with Crippen molar-refractivity contribution in [1.82, 2.24) is 14.6 Å². The Morgan fingerprint density at radius 2 is 1.89 bits per heavy atom. The molecular weight excluding hydrogens is 467 g/mol. The van der Waals surface area contributed by atoms with Crippen molar-refractivity contribution in [3.05, 3.63) is 78.0 Å². The maximum Gasteiger partial charge on any atom is 0.416 e. The summed E-state index contributed by atoms with van der Waals surface area (Å²) in [6.45, 7) is 1.89. The first-order valence-electron chi connectivity index (χ1n) is 10.3. The second-order valence-electron chi connectivity index (χ2n) is 7.26. The van der Waals surface area contributed by atoms with E-state index in [2.05, 4.69) is 15.4 Å². The van der Waals surface area contributed by atoms with Crippen LogP contribution in [0.1, 0.15) is 22.8 Å². The Morgan fingerprint density at radius 1 is 1.11 bits per heavy atom. The summed E-state index contributed by atoms with van der Waals surface area (Å²) >= 11 is 0. The first kappa shape index (κ1) is 23.5. The van der Waals surface area contributed by atoms with Crippen LogP contribution in [0.15, 0.2) is 66.9 Å². The summed E-state index contributed by atoms with van der Waals surface area (Å²) in [5.41, 5.74) is -0.349. The van der Waals surface area contributed by atoms with Gasteiger partial charge in [-0.25, -0.2) is 14.3 Å². The van der Waals surface area contributed by atoms with E-state index in [0.717, 1.165) is 23.1 Å². The molecule has 0 saturated carbocycles. The third-order valence-corrected chi connectivity index (χ3v) is 4.87. The van der Waals surface area contributed by atoms with Gasteiger partial charge in [0.2, 0.25) is 5.88 Å². The summed E-state index contributed by atoms with van der Waals surface area (Å²) in [5.74, 6) is -0.0254. The standard InChI is InChI=1S/C23H18F3N5O4/c1-2-30(22(33)34)19-13-31-18(28-19)9-10-20(29-31)35-17-8-4-7-16(12-17)27-21(32)14-5-3-6-15(11-14)23(24,25)26/h3-13H,2H2,1H3,(H,27,32)(H,33,34). The van der Waals surface area contributed by atoms with E-state index in [4.69, 9.17) is 4.74 Å². The molecule has 0 bridgehead atoms. The zero-order valence-corrected chi connectivity index (χ0v) is 18.2. The van der Waals surface area contributed by atoms with Gasteiger partial charge in [-0.15, -0.1) is 5.10 Å². The van der Waals surface area contributed by atoms with Crippen LogP contribution in [0, 0.1) is 0 Å². The molecule has 35 heavy (non-hydrogen) atoms. The number of halogens is 3. The molecule has 2 aromatic heterocycles. The van der Waals surface area contributed by atoms with Crippen LogP contribution in [0.3, 0.4) is 0 Å². The summed E-state index contributed by atoms with van der Waals surface area (Å²) in [5, 5.41) is 16.1. The minimum Gasteiger partial charge on any atom is -0.465 e. The molecule has 2 aromatic carbocycles. The predicted molar refractivity (Wildman–Crippen MR) is 120 cm³/mol. The molecule has 0 radical (unpaired) electrons. The lowest BCUT2D eigenvalue weighted by molar-refractivity contribution is -0.137. The molecule has 4 rings (SSSR count). The average molecular weight is 485 g/mol. The Hall–Kier alpha value is -4.61. The van der Waals surface area contributed by atoms with Crippen molar-refractivity contribution in [3.8, 4) is 11.6 Å². The number of carbonyl (C=O) groups is 2. The average Bonchev–Trinajstić information content (AvgIpc) is 3.22. The number of aromatic nitrogens is 3. The van der Waals surface area contributed by atoms with Crippen LogP contribution >= 0.6 is 0 Å². The van der Waals surface area contributed by atoms with E-state index in [1.165, 1.54) is 28.9 Å². The van der Waals surface area contributed by atoms with Crippen molar-refractivity contribution < 1.29 is 32.6 Å². The highest BCUT2D eigenvalue weighted by Crippen LogP contribution is 2.30. The van der Waals surface area contributed by atoms with Gasteiger partial charge < -0.3 is 15.2 Å². The lowest BCUT2D eigenvalue weighted by atomic mass is 10.1. The summed E-state index contributed by atoms with van der Waals surface area (Å²) in [4.78, 5) is 29.1. The number of carboxylic acid groups (broad SMARTS) is 1. The van der Waals surface area contributed by atoms with Crippen LogP contribution in [0.2, 0.25) is 0 Å². The number of anilines is 2. The Bertz CT molecular complexity index is 1400. The highest BCUT2D eigenvalue weighted by atomic mass is 19.4. The van der Waals surface area contributed by atoms with E-state index < -0.39 is 23.7 Å². The molecular formula is C23H18F3N5O4. The van der Waals surface area contributed by atoms with Crippen molar-refractivity contribution in [2.75, 3.05) is 16.8 Å². The van der Waals surface area contributed by atoms with E-state index in [1.807, 2.05) is 0 Å². The summed E-state index contributed by atoms with van der Waals surface area (Å²) in [6, 6.07) is 13.5. The number of hydrogen-bond donors (Lipinski definition) is 2. The van der Waals surface area contributed by atoms with Gasteiger partial charge in [-0.3, -0.25) is 9.69 Å². The first-order valence-corrected chi connectivity index (χ1v) is 10.3. The summed E-state index contributed by atoms with van der Waals surface area (Å²) in [6.07, 6.45) is -4.25. The molecule has 0 aliphatic rings. The molecule has 2 N–H and O–H groups in total. The second kappa shape index (κ2) is 9.33. The Balaban J connectivity index is 1.50. The van der Waals surface area contributed by atoms with E-state index in [0.29, 0.717) is 17.1 Å². The van der Waals surface area contributed by atoms with Gasteiger partial charge >= 0.3 is 12.3 Å². The van der Waals surface area contributed by atoms with Crippen LogP contribution in [0.4, 0.5) is 29.5 Å². The Kier molecular flexibility index (Phi) is 6.28. The van der Waals surface area contributed by atoms with Crippen LogP contribution in [-0.4, -0.2) is 38.2 Å². The second-order valence-corrected chi connectivity index (χ2v) is 7.26. The highest BCUT2D eigenvalue weighted by molar-refractivity contribution is 6.04. The van der Waals surface area contributed by atoms with E-state index in [-0.39, 0.29) is 23.8 Å². The summed E-state index contributed by atoms with van der Waals surface area (Å²) < 4.78 is 45.9. The monoisotopic (exact) mass is 485 g/mol. The van der Waals surface area contributed by atoms with Gasteiger partial charge in [0.1, 0.15) is 5.75 Å². The number of ether oxygens (including phenoxy) is 1. The van der Waals surface area contributed by atoms with Gasteiger partial charge in [-0.2, -0.15) is 13.2 Å². The van der Waals surface area contributed by atoms with Gasteiger partial charge in [-0.1, -0.05) is 12.1 Å². The maximum absolute atomic E-state index is 12.9. The molecule has 9 nitrogen and oxygen atoms in total. The van der Waals surface area contributed by atoms with Gasteiger partial charge in [0, 0.05) is 29.9 Å². The van der Waals surface area contributed by atoms with Crippen LogP contribution in [-0.2, 0) is 6.18 Å². The van der Waals surface area contributed by atoms with E-state index >= 15 is 0 Å². The molecule has 4 aromatic rings. The number of benzene rings is 2. The van der Waals surface area contributed by atoms with Crippen LogP contribution in [0.5, 0.6) is 11.6 Å². The molecule has 0 aliphatic heterocycles. The van der Waals surface area contributed by atoms with Crippen LogP contribution in [0.25, 0.3) is 5.65 Å². The van der Waals surface area contributed by atoms with Crippen LogP contribution < -0.4 is 15.0 Å². The number of alkyl halides is 3. The largest absolute Gasteiger partial charge is 0.465 e. The van der Waals surface area contributed by atoms with Gasteiger partial charge in [-0.05, 0) is 43.3 Å². The van der Waals surface area contributed by atoms with Crippen molar-refractivity contribution >= 4 is 29.2 Å². The van der Waals surface area contributed by atoms with Crippen molar-refractivity contribution in [2.45, 2.75) is 13.1 Å². The predicted octanol–water partition coefficient (Wildman–Crippen LogP) is 5.30. The van der Waals surface area contributed by atoms with Crippen molar-refractivity contribution in [3.63, 3.8) is 0 Å². The fraction of sp³-hybridized carbons (Fsp3) is 0.130. The van der Waals surface area contributed by atoms with E-state index in [1.54, 1.807) is 31.2 Å². The maximum atomic E-state index is 12.9. The third-order valence-electron chi connectivity index (χ3n) is 4.87. The topological polar surface area (TPSA) is 109 Å². The fourth-order valence-corrected chi connectivity index (χ4v) is 3.23. The quantitative estimate of drug-likeness (QED) is 0.384. The van der Waals surface area contributed by atoms with Crippen molar-refractivity contribution in [2.24, 2.45) is 0 Å². The molecule has 0 fully saturated rings. The Morgan fingerprint density at radius 3 is 2.60 bits per heavy atom. The number of nitrogens with zero attached hydrogens (tertiary/aromatic N) is 4. The van der Waals surface area contributed by atoms with Gasteiger partial charge in [0.05, 0.1) is 11.8 Å². The zero-order chi connectivity index (χ0) is 25.2. The zero-order valence-electron chi connectivity index (χ0n) is 18.2. The SMILES string of the molecule is CCN(C(=O)O)c1cn2nc(Oc3cccc(NC(=O)c4cccc(C(F)(F)F)c4)c3)ccc2n1. The molecule has 12 heteroatoms. The lowest BCUT2D eigenvalue weighted by Crippen LogP contribution is -2.28. The lowest BCUT2D eigenvalue weighted by Gasteiger charge is -2.12. The highest BCUT2D eigenvalue weighted by Gasteiger charge is 2.30. The molecule has 180 valence electrons. The molecule has 0 aliphatic carbocycles. The number of rotatable bonds is 6. The number of carbonyl (C=O) groups excluding carboxylic acids is 1. The molecule has 0 saturated heterocycles. The molecule has 2 amide bonds. The smallest absolute Gasteiger partial charge is 0.416 e. The first-order chi connectivity index (χ1) is 16.6. The van der Waals surface area contributed by atoms with E-state index in [9.17, 15) is 27.9 Å². The summed E-state index contributed by atoms with van der Waals surface area (Å²) in [7, 11) is 0. The molecule has 0 atom stereocenters. The van der Waals surface area contributed by atoms with Crippen molar-refractivity contribution in [1.29, 1.82) is 0 Å². The normalized spacial score (nSPS) is 11.3. The third kappa shape index (κ3) is 5.32. The number of amides is 2. The fourth-order valence-electron chi connectivity index (χ4n) is 3.23.